The van der Waals surface area contributed by atoms with Gasteiger partial charge in [-0.3, -0.25) is 0 Å². The zero-order valence-corrected chi connectivity index (χ0v) is 12.3. The van der Waals surface area contributed by atoms with Gasteiger partial charge in [-0.05, 0) is 33.7 Å². The van der Waals surface area contributed by atoms with Crippen molar-refractivity contribution in [1.82, 2.24) is 14.5 Å². The Morgan fingerprint density at radius 3 is 2.29 bits per heavy atom. The monoisotopic (exact) mass is 239 g/mol. The van der Waals surface area contributed by atoms with Crippen molar-refractivity contribution in [1.29, 1.82) is 0 Å². The van der Waals surface area contributed by atoms with Crippen LogP contribution in [0.4, 0.5) is 0 Å². The largest absolute Gasteiger partial charge is 0.335 e. The predicted molar refractivity (Wildman–Crippen MR) is 75.3 cm³/mol. The van der Waals surface area contributed by atoms with Gasteiger partial charge in [0.1, 0.15) is 0 Å². The van der Waals surface area contributed by atoms with E-state index in [0.717, 1.165) is 13.1 Å². The first kappa shape index (κ1) is 16.2. The summed E-state index contributed by atoms with van der Waals surface area (Å²) < 4.78 is 2.17. The van der Waals surface area contributed by atoms with E-state index in [4.69, 9.17) is 0 Å². The van der Waals surface area contributed by atoms with Crippen molar-refractivity contribution in [3.05, 3.63) is 18.7 Å². The second-order valence-electron chi connectivity index (χ2n) is 4.37. The fraction of sp³-hybridized carbons (Fsp3) is 0.786. The molecule has 0 aliphatic rings. The standard InChI is InChI=1S/C12H23N3.C2H6/c1-5-14(11(2)3)8-6-12(4)15-9-7-13-10-15;1-2/h7,9-12H,5-6,8H2,1-4H3;1-2H3. The van der Waals surface area contributed by atoms with Crippen LogP contribution in [-0.2, 0) is 0 Å². The van der Waals surface area contributed by atoms with E-state index in [-0.39, 0.29) is 0 Å². The first-order valence-electron chi connectivity index (χ1n) is 6.86. The first-order chi connectivity index (χ1) is 8.15. The van der Waals surface area contributed by atoms with Gasteiger partial charge in [0.05, 0.1) is 6.33 Å². The van der Waals surface area contributed by atoms with Gasteiger partial charge < -0.3 is 9.47 Å². The Bertz CT molecular complexity index is 254. The molecule has 1 rings (SSSR count). The lowest BCUT2D eigenvalue weighted by molar-refractivity contribution is 0.218. The van der Waals surface area contributed by atoms with Gasteiger partial charge in [-0.25, -0.2) is 4.98 Å². The van der Waals surface area contributed by atoms with Gasteiger partial charge in [0.2, 0.25) is 0 Å². The molecule has 17 heavy (non-hydrogen) atoms. The highest BCUT2D eigenvalue weighted by molar-refractivity contribution is 4.79. The summed E-state index contributed by atoms with van der Waals surface area (Å²) in [6.45, 7) is 15.3. The second-order valence-corrected chi connectivity index (χ2v) is 4.37. The molecule has 0 saturated heterocycles. The minimum absolute atomic E-state index is 0.542. The second kappa shape index (κ2) is 9.23. The van der Waals surface area contributed by atoms with Crippen LogP contribution in [-0.4, -0.2) is 33.6 Å². The molecule has 0 N–H and O–H groups in total. The molecule has 0 bridgehead atoms. The van der Waals surface area contributed by atoms with E-state index in [1.54, 1.807) is 0 Å². The van der Waals surface area contributed by atoms with Gasteiger partial charge >= 0.3 is 0 Å². The van der Waals surface area contributed by atoms with Crippen LogP contribution in [0.5, 0.6) is 0 Å². The topological polar surface area (TPSA) is 21.1 Å². The number of aromatic nitrogens is 2. The van der Waals surface area contributed by atoms with E-state index in [9.17, 15) is 0 Å². The summed E-state index contributed by atoms with van der Waals surface area (Å²) in [6.07, 6.45) is 6.96. The van der Waals surface area contributed by atoms with E-state index < -0.39 is 0 Å². The van der Waals surface area contributed by atoms with E-state index in [1.807, 2.05) is 32.6 Å². The third kappa shape index (κ3) is 5.87. The minimum Gasteiger partial charge on any atom is -0.335 e. The molecule has 0 aliphatic carbocycles. The van der Waals surface area contributed by atoms with Crippen LogP contribution < -0.4 is 0 Å². The van der Waals surface area contributed by atoms with E-state index in [2.05, 4.69) is 42.1 Å². The lowest BCUT2D eigenvalue weighted by atomic mass is 10.2. The normalized spacial score (nSPS) is 12.5. The first-order valence-corrected chi connectivity index (χ1v) is 6.86. The molecular weight excluding hydrogens is 210 g/mol. The zero-order chi connectivity index (χ0) is 13.3. The van der Waals surface area contributed by atoms with Gasteiger partial charge in [0.25, 0.3) is 0 Å². The molecule has 0 amide bonds. The Kier molecular flexibility index (Phi) is 8.78. The third-order valence-electron chi connectivity index (χ3n) is 3.00. The molecule has 1 aromatic rings. The molecule has 0 spiro atoms. The van der Waals surface area contributed by atoms with E-state index >= 15 is 0 Å². The van der Waals surface area contributed by atoms with Gasteiger partial charge in [-0.15, -0.1) is 0 Å². The molecule has 100 valence electrons. The lowest BCUT2D eigenvalue weighted by Gasteiger charge is -2.26. The molecule has 0 fully saturated rings. The summed E-state index contributed by atoms with van der Waals surface area (Å²) in [5.41, 5.74) is 0. The molecule has 1 atom stereocenters. The number of hydrogen-bond acceptors (Lipinski definition) is 2. The van der Waals surface area contributed by atoms with Crippen LogP contribution in [0.2, 0.25) is 0 Å². The minimum atomic E-state index is 0.542. The van der Waals surface area contributed by atoms with Crippen LogP contribution in [0, 0.1) is 0 Å². The van der Waals surface area contributed by atoms with Gasteiger partial charge in [0.15, 0.2) is 0 Å². The lowest BCUT2D eigenvalue weighted by Crippen LogP contribution is -2.32. The van der Waals surface area contributed by atoms with Crippen LogP contribution >= 0.6 is 0 Å². The van der Waals surface area contributed by atoms with E-state index in [0.29, 0.717) is 12.1 Å². The maximum atomic E-state index is 4.07. The highest BCUT2D eigenvalue weighted by Gasteiger charge is 2.09. The van der Waals surface area contributed by atoms with Crippen LogP contribution in [0.15, 0.2) is 18.7 Å². The van der Waals surface area contributed by atoms with Crippen LogP contribution in [0.25, 0.3) is 0 Å². The Hall–Kier alpha value is -0.830. The molecular formula is C14H29N3. The number of nitrogens with zero attached hydrogens (tertiary/aromatic N) is 3. The van der Waals surface area contributed by atoms with Gasteiger partial charge in [0, 0.05) is 31.0 Å². The van der Waals surface area contributed by atoms with Crippen molar-refractivity contribution in [3.63, 3.8) is 0 Å². The Morgan fingerprint density at radius 2 is 1.88 bits per heavy atom. The fourth-order valence-electron chi connectivity index (χ4n) is 1.81. The molecule has 3 heteroatoms. The molecule has 1 aromatic heterocycles. The fourth-order valence-corrected chi connectivity index (χ4v) is 1.81. The summed E-state index contributed by atoms with van der Waals surface area (Å²) >= 11 is 0. The Morgan fingerprint density at radius 1 is 1.24 bits per heavy atom. The molecule has 3 nitrogen and oxygen atoms in total. The van der Waals surface area contributed by atoms with Gasteiger partial charge in [-0.2, -0.15) is 0 Å². The SMILES string of the molecule is CC.CCN(CCC(C)n1ccnc1)C(C)C. The summed E-state index contributed by atoms with van der Waals surface area (Å²) in [5, 5.41) is 0. The molecule has 0 aromatic carbocycles. The number of imidazole rings is 1. The molecule has 1 heterocycles. The summed E-state index contributed by atoms with van der Waals surface area (Å²) in [6, 6.07) is 1.19. The van der Waals surface area contributed by atoms with Crippen molar-refractivity contribution in [2.75, 3.05) is 13.1 Å². The predicted octanol–water partition coefficient (Wildman–Crippen LogP) is 3.59. The average molecular weight is 239 g/mol. The molecule has 0 saturated carbocycles. The van der Waals surface area contributed by atoms with Crippen molar-refractivity contribution in [3.8, 4) is 0 Å². The van der Waals surface area contributed by atoms with Crippen LogP contribution in [0.3, 0.4) is 0 Å². The van der Waals surface area contributed by atoms with Crippen molar-refractivity contribution in [2.24, 2.45) is 0 Å². The molecule has 0 aliphatic heterocycles. The summed E-state index contributed by atoms with van der Waals surface area (Å²) in [7, 11) is 0. The zero-order valence-electron chi connectivity index (χ0n) is 12.3. The Labute approximate surface area is 107 Å². The third-order valence-corrected chi connectivity index (χ3v) is 3.00. The number of rotatable bonds is 6. The molecule has 1 unspecified atom stereocenters. The highest BCUT2D eigenvalue weighted by atomic mass is 15.1. The molecule has 0 radical (unpaired) electrons. The number of hydrogen-bond donors (Lipinski definition) is 0. The highest BCUT2D eigenvalue weighted by Crippen LogP contribution is 2.11. The van der Waals surface area contributed by atoms with Crippen molar-refractivity contribution in [2.45, 2.75) is 60.0 Å². The quantitative estimate of drug-likeness (QED) is 0.756. The summed E-state index contributed by atoms with van der Waals surface area (Å²) in [4.78, 5) is 6.57. The summed E-state index contributed by atoms with van der Waals surface area (Å²) in [5.74, 6) is 0. The Balaban J connectivity index is 0.00000121. The average Bonchev–Trinajstić information content (AvgIpc) is 2.85. The van der Waals surface area contributed by atoms with Crippen molar-refractivity contribution < 1.29 is 0 Å². The van der Waals surface area contributed by atoms with Crippen LogP contribution in [0.1, 0.15) is 54.0 Å². The smallest absolute Gasteiger partial charge is 0.0948 e. The van der Waals surface area contributed by atoms with Crippen molar-refractivity contribution >= 4 is 0 Å². The maximum Gasteiger partial charge on any atom is 0.0948 e. The van der Waals surface area contributed by atoms with Gasteiger partial charge in [-0.1, -0.05) is 20.8 Å². The maximum absolute atomic E-state index is 4.07. The van der Waals surface area contributed by atoms with E-state index in [1.165, 1.54) is 6.42 Å².